The van der Waals surface area contributed by atoms with Crippen molar-refractivity contribution in [3.8, 4) is 27.9 Å². The summed E-state index contributed by atoms with van der Waals surface area (Å²) >= 11 is 1.89. The Morgan fingerprint density at radius 2 is 0.946 bits per heavy atom. The molecule has 0 N–H and O–H groups in total. The van der Waals surface area contributed by atoms with E-state index in [0.29, 0.717) is 0 Å². The summed E-state index contributed by atoms with van der Waals surface area (Å²) < 4.78 is 2.52. The van der Waals surface area contributed by atoms with Gasteiger partial charge in [0.15, 0.2) is 0 Å². The van der Waals surface area contributed by atoms with Crippen LogP contribution in [-0.4, -0.2) is 11.3 Å². The van der Waals surface area contributed by atoms with E-state index >= 15 is 0 Å². The van der Waals surface area contributed by atoms with Gasteiger partial charge in [-0.2, -0.15) is 0 Å². The van der Waals surface area contributed by atoms with Gasteiger partial charge in [0.1, 0.15) is 0 Å². The summed E-state index contributed by atoms with van der Waals surface area (Å²) in [5, 5.41) is 5.02. The van der Waals surface area contributed by atoms with Crippen LogP contribution in [-0.2, 0) is 0 Å². The van der Waals surface area contributed by atoms with Crippen LogP contribution in [0.2, 0.25) is 0 Å². The van der Waals surface area contributed by atoms with Crippen LogP contribution in [0.3, 0.4) is 0 Å². The van der Waals surface area contributed by atoms with Gasteiger partial charge in [-0.1, -0.05) is 175 Å². The van der Waals surface area contributed by atoms with Gasteiger partial charge < -0.3 is 9.47 Å². The average molecular weight is 729 g/mol. The Morgan fingerprint density at radius 3 is 1.82 bits per heavy atom. The van der Waals surface area contributed by atoms with Gasteiger partial charge in [0.25, 0.3) is 0 Å². The number of benzene rings is 9. The van der Waals surface area contributed by atoms with Crippen molar-refractivity contribution >= 4 is 84.5 Å². The van der Waals surface area contributed by atoms with Crippen LogP contribution in [0.25, 0.3) is 60.5 Å². The summed E-state index contributed by atoms with van der Waals surface area (Å²) in [6.07, 6.45) is 0. The minimum Gasteiger partial charge on any atom is -0.309 e. The summed E-state index contributed by atoms with van der Waals surface area (Å²) in [7, 11) is 0. The highest BCUT2D eigenvalue weighted by atomic mass is 32.2. The Morgan fingerprint density at radius 1 is 0.375 bits per heavy atom. The maximum absolute atomic E-state index is 2.52. The van der Waals surface area contributed by atoms with Crippen molar-refractivity contribution < 1.29 is 0 Å². The second-order valence-electron chi connectivity index (χ2n) is 14.8. The van der Waals surface area contributed by atoms with E-state index in [4.69, 9.17) is 0 Å². The maximum Gasteiger partial charge on any atom is 0.249 e. The lowest BCUT2D eigenvalue weighted by atomic mass is 9.35. The Bertz CT molecular complexity index is 3190. The molecule has 10 aromatic rings. The smallest absolute Gasteiger partial charge is 0.249 e. The van der Waals surface area contributed by atoms with Gasteiger partial charge in [-0.25, -0.2) is 0 Å². The Balaban J connectivity index is 1.08. The molecule has 2 aliphatic rings. The molecule has 0 aliphatic carbocycles. The quantitative estimate of drug-likeness (QED) is 0.167. The molecule has 0 bridgehead atoms. The Hall–Kier alpha value is -6.75. The predicted octanol–water partition coefficient (Wildman–Crippen LogP) is 12.0. The second kappa shape index (κ2) is 12.4. The third kappa shape index (κ3) is 4.60. The van der Waals surface area contributed by atoms with Crippen molar-refractivity contribution in [3.05, 3.63) is 200 Å². The predicted molar refractivity (Wildman–Crippen MR) is 239 cm³/mol. The Kier molecular flexibility index (Phi) is 6.99. The number of fused-ring (bicyclic) bond motifs is 8. The molecular weight excluding hydrogens is 695 g/mol. The molecule has 0 fully saturated rings. The van der Waals surface area contributed by atoms with Gasteiger partial charge in [0.2, 0.25) is 6.71 Å². The molecule has 9 aromatic carbocycles. The van der Waals surface area contributed by atoms with Gasteiger partial charge in [-0.05, 0) is 80.9 Å². The van der Waals surface area contributed by atoms with Crippen LogP contribution < -0.4 is 21.3 Å². The highest BCUT2D eigenvalue weighted by molar-refractivity contribution is 8.00. The minimum atomic E-state index is 0.176. The van der Waals surface area contributed by atoms with Crippen LogP contribution in [0.15, 0.2) is 210 Å². The van der Waals surface area contributed by atoms with Gasteiger partial charge in [0, 0.05) is 37.5 Å². The van der Waals surface area contributed by atoms with Gasteiger partial charge in [0.05, 0.1) is 22.4 Å². The lowest BCUT2D eigenvalue weighted by Gasteiger charge is -2.40. The Labute approximate surface area is 330 Å². The van der Waals surface area contributed by atoms with E-state index < -0.39 is 0 Å². The third-order valence-corrected chi connectivity index (χ3v) is 13.0. The normalized spacial score (nSPS) is 12.9. The monoisotopic (exact) mass is 728 g/mol. The van der Waals surface area contributed by atoms with E-state index in [1.54, 1.807) is 0 Å². The van der Waals surface area contributed by atoms with Gasteiger partial charge in [-0.15, -0.1) is 0 Å². The fourth-order valence-electron chi connectivity index (χ4n) is 9.49. The van der Waals surface area contributed by atoms with Crippen molar-refractivity contribution in [2.75, 3.05) is 4.90 Å². The summed E-state index contributed by atoms with van der Waals surface area (Å²) in [6.45, 7) is 0.176. The van der Waals surface area contributed by atoms with E-state index in [-0.39, 0.29) is 6.71 Å². The van der Waals surface area contributed by atoms with Gasteiger partial charge >= 0.3 is 0 Å². The number of hydrogen-bond acceptors (Lipinski definition) is 2. The first-order valence-electron chi connectivity index (χ1n) is 19.3. The zero-order chi connectivity index (χ0) is 36.7. The molecule has 2 nitrogen and oxygen atoms in total. The maximum atomic E-state index is 2.52. The molecule has 12 rings (SSSR count). The number of para-hydroxylation sites is 5. The number of rotatable bonds is 4. The van der Waals surface area contributed by atoms with E-state index in [0.717, 1.165) is 11.4 Å². The van der Waals surface area contributed by atoms with E-state index in [1.807, 2.05) is 11.8 Å². The van der Waals surface area contributed by atoms with E-state index in [1.165, 1.54) is 92.4 Å². The average Bonchev–Trinajstić information content (AvgIpc) is 3.61. The van der Waals surface area contributed by atoms with Crippen molar-refractivity contribution in [1.82, 2.24) is 4.57 Å². The first-order chi connectivity index (χ1) is 27.8. The highest BCUT2D eigenvalue weighted by Crippen LogP contribution is 2.46. The molecule has 0 unspecified atom stereocenters. The first-order valence-corrected chi connectivity index (χ1v) is 20.1. The fourth-order valence-corrected chi connectivity index (χ4v) is 10.7. The molecule has 3 heterocycles. The molecule has 0 amide bonds. The van der Waals surface area contributed by atoms with Crippen molar-refractivity contribution in [2.45, 2.75) is 9.79 Å². The number of aromatic nitrogens is 1. The zero-order valence-electron chi connectivity index (χ0n) is 30.4. The summed E-state index contributed by atoms with van der Waals surface area (Å²) in [5.41, 5.74) is 16.2. The molecule has 4 heteroatoms. The fraction of sp³-hybridized carbons (Fsp3) is 0. The zero-order valence-corrected chi connectivity index (χ0v) is 31.2. The first kappa shape index (κ1) is 31.6. The summed E-state index contributed by atoms with van der Waals surface area (Å²) in [4.78, 5) is 5.19. The van der Waals surface area contributed by atoms with Crippen LogP contribution in [0, 0.1) is 0 Å². The van der Waals surface area contributed by atoms with E-state index in [2.05, 4.69) is 210 Å². The lowest BCUT2D eigenvalue weighted by Crippen LogP contribution is -2.59. The van der Waals surface area contributed by atoms with Crippen LogP contribution in [0.1, 0.15) is 0 Å². The van der Waals surface area contributed by atoms with Crippen LogP contribution >= 0.6 is 11.8 Å². The molecule has 56 heavy (non-hydrogen) atoms. The third-order valence-electron chi connectivity index (χ3n) is 11.9. The second-order valence-corrected chi connectivity index (χ2v) is 15.9. The largest absolute Gasteiger partial charge is 0.309 e. The molecule has 0 spiro atoms. The minimum absolute atomic E-state index is 0.176. The molecule has 260 valence electrons. The highest BCUT2D eigenvalue weighted by Gasteiger charge is 2.41. The molecule has 0 atom stereocenters. The molecule has 2 aliphatic heterocycles. The van der Waals surface area contributed by atoms with Crippen LogP contribution in [0.5, 0.6) is 0 Å². The van der Waals surface area contributed by atoms with Crippen molar-refractivity contribution in [2.24, 2.45) is 0 Å². The molecule has 0 radical (unpaired) electrons. The van der Waals surface area contributed by atoms with E-state index in [9.17, 15) is 0 Å². The molecule has 0 saturated heterocycles. The number of nitrogens with zero attached hydrogens (tertiary/aromatic N) is 2. The molecule has 0 saturated carbocycles. The molecular formula is C52H33BN2S. The summed E-state index contributed by atoms with van der Waals surface area (Å²) in [6, 6.07) is 73.9. The summed E-state index contributed by atoms with van der Waals surface area (Å²) in [5.74, 6) is 0. The van der Waals surface area contributed by atoms with Crippen molar-refractivity contribution in [3.63, 3.8) is 0 Å². The standard InChI is InChI=1S/C52H33BN2S/c1-2-16-37-34(14-1)15-11-18-38(37)35-30-32-36(33-31-35)39-19-12-20-41-40-17-3-6-23-44(40)55(52(39)41)47-26-9-8-25-46(47)54-45-24-7-4-21-42(45)53-43-22-5-10-28-49(43)56-50-29-13-27-48(54)51(50)53/h1-33H. The van der Waals surface area contributed by atoms with Gasteiger partial charge in [-0.3, -0.25) is 0 Å². The van der Waals surface area contributed by atoms with Crippen LogP contribution in [0.4, 0.5) is 17.1 Å². The lowest BCUT2D eigenvalue weighted by molar-refractivity contribution is 1.15. The number of anilines is 3. The topological polar surface area (TPSA) is 8.17 Å². The molecule has 1 aromatic heterocycles. The van der Waals surface area contributed by atoms with Crippen molar-refractivity contribution in [1.29, 1.82) is 0 Å². The SMILES string of the molecule is c1ccc2c(c1)Sc1cccc3c1B2c1ccccc1N3c1ccccc1-n1c2ccccc2c2cccc(-c3ccc(-c4cccc5ccccc45)cc3)c21. The number of hydrogen-bond donors (Lipinski definition) is 0.